The van der Waals surface area contributed by atoms with Crippen molar-refractivity contribution in [3.63, 3.8) is 0 Å². The molecule has 6 nitrogen and oxygen atoms in total. The molecule has 4 N–H and O–H groups in total. The third-order valence-corrected chi connectivity index (χ3v) is 6.03. The van der Waals surface area contributed by atoms with Gasteiger partial charge in [0.25, 0.3) is 0 Å². The zero-order valence-electron chi connectivity index (χ0n) is 16.0. The molecule has 2 aromatic rings. The van der Waals surface area contributed by atoms with Crippen molar-refractivity contribution in [2.24, 2.45) is 5.92 Å². The van der Waals surface area contributed by atoms with Crippen molar-refractivity contribution >= 4 is 16.9 Å². The Morgan fingerprint density at radius 3 is 2.89 bits per heavy atom. The van der Waals surface area contributed by atoms with E-state index in [2.05, 4.69) is 32.2 Å². The van der Waals surface area contributed by atoms with Gasteiger partial charge in [0.1, 0.15) is 11.9 Å². The minimum absolute atomic E-state index is 0.0661. The third kappa shape index (κ3) is 4.50. The minimum atomic E-state index is -0.0661. The van der Waals surface area contributed by atoms with Crippen LogP contribution in [0.3, 0.4) is 0 Å². The van der Waals surface area contributed by atoms with E-state index < -0.39 is 0 Å². The van der Waals surface area contributed by atoms with E-state index in [1.54, 1.807) is 0 Å². The fraction of sp³-hybridized carbons (Fsp3) is 0.619. The predicted molar refractivity (Wildman–Crippen MR) is 107 cm³/mol. The molecule has 0 spiro atoms. The lowest BCUT2D eigenvalue weighted by Gasteiger charge is -2.20. The summed E-state index contributed by atoms with van der Waals surface area (Å²) in [6.45, 7) is 0.758. The molecule has 1 aliphatic heterocycles. The molecule has 0 bridgehead atoms. The molecular weight excluding hydrogens is 338 g/mol. The number of aromatic amines is 1. The number of unbranched alkanes of at least 4 members (excludes halogenated alkanes) is 2. The summed E-state index contributed by atoms with van der Waals surface area (Å²) < 4.78 is 0. The summed E-state index contributed by atoms with van der Waals surface area (Å²) in [6.07, 6.45) is 10.3. The summed E-state index contributed by atoms with van der Waals surface area (Å²) in [5.74, 6) is 1.66. The number of nitrogens with one attached hydrogen (secondary N) is 4. The van der Waals surface area contributed by atoms with Gasteiger partial charge < -0.3 is 10.3 Å². The first kappa shape index (κ1) is 18.4. The van der Waals surface area contributed by atoms with E-state index in [0.29, 0.717) is 12.0 Å². The van der Waals surface area contributed by atoms with E-state index in [4.69, 9.17) is 0 Å². The van der Waals surface area contributed by atoms with Gasteiger partial charge in [-0.2, -0.15) is 0 Å². The van der Waals surface area contributed by atoms with Crippen molar-refractivity contribution < 1.29 is 4.79 Å². The second-order valence-electron chi connectivity index (χ2n) is 7.98. The number of para-hydroxylation sites is 2. The number of rotatable bonds is 7. The molecule has 1 aliphatic carbocycles. The van der Waals surface area contributed by atoms with E-state index in [9.17, 15) is 4.79 Å². The summed E-state index contributed by atoms with van der Waals surface area (Å²) in [7, 11) is 0. The van der Waals surface area contributed by atoms with Crippen LogP contribution < -0.4 is 16.2 Å². The second kappa shape index (κ2) is 8.85. The lowest BCUT2D eigenvalue weighted by Crippen LogP contribution is -2.45. The Morgan fingerprint density at radius 2 is 1.96 bits per heavy atom. The second-order valence-corrected chi connectivity index (χ2v) is 7.98. The molecule has 4 rings (SSSR count). The Labute approximate surface area is 160 Å². The van der Waals surface area contributed by atoms with Crippen molar-refractivity contribution in [2.45, 2.75) is 69.9 Å². The van der Waals surface area contributed by atoms with Crippen LogP contribution in [0.4, 0.5) is 0 Å². The van der Waals surface area contributed by atoms with Gasteiger partial charge in [0, 0.05) is 24.9 Å². The van der Waals surface area contributed by atoms with Crippen molar-refractivity contribution in [1.29, 1.82) is 0 Å². The zero-order valence-corrected chi connectivity index (χ0v) is 16.0. The minimum Gasteiger partial charge on any atom is -0.355 e. The van der Waals surface area contributed by atoms with E-state index >= 15 is 0 Å². The van der Waals surface area contributed by atoms with Crippen LogP contribution in [0, 0.1) is 5.92 Å². The van der Waals surface area contributed by atoms with E-state index in [-0.39, 0.29) is 11.9 Å². The number of aromatic nitrogens is 2. The topological polar surface area (TPSA) is 81.8 Å². The van der Waals surface area contributed by atoms with Gasteiger partial charge in [0.2, 0.25) is 5.91 Å². The summed E-state index contributed by atoms with van der Waals surface area (Å²) in [4.78, 5) is 20.5. The van der Waals surface area contributed by atoms with Crippen molar-refractivity contribution in [3.8, 4) is 0 Å². The van der Waals surface area contributed by atoms with Crippen LogP contribution >= 0.6 is 0 Å². The van der Waals surface area contributed by atoms with Gasteiger partial charge in [0.05, 0.1) is 11.0 Å². The van der Waals surface area contributed by atoms with Crippen molar-refractivity contribution in [1.82, 2.24) is 26.1 Å². The Morgan fingerprint density at radius 1 is 1.07 bits per heavy atom. The van der Waals surface area contributed by atoms with Gasteiger partial charge in [-0.25, -0.2) is 10.4 Å². The van der Waals surface area contributed by atoms with Crippen molar-refractivity contribution in [2.75, 3.05) is 6.54 Å². The largest absolute Gasteiger partial charge is 0.355 e. The van der Waals surface area contributed by atoms with E-state index in [0.717, 1.165) is 55.5 Å². The Bertz CT molecular complexity index is 725. The number of carbonyl (C=O) groups excluding carboxylic acids is 1. The van der Waals surface area contributed by atoms with Crippen LogP contribution in [0.1, 0.15) is 57.2 Å². The Kier molecular flexibility index (Phi) is 6.04. The number of hydrogen-bond donors (Lipinski definition) is 4. The van der Waals surface area contributed by atoms with Gasteiger partial charge in [-0.1, -0.05) is 37.8 Å². The molecular formula is C21H31N5O. The van der Waals surface area contributed by atoms with Gasteiger partial charge in [-0.3, -0.25) is 10.2 Å². The van der Waals surface area contributed by atoms with Crippen LogP contribution in [0.2, 0.25) is 0 Å². The van der Waals surface area contributed by atoms with Crippen LogP contribution in [0.15, 0.2) is 24.3 Å². The highest BCUT2D eigenvalue weighted by atomic mass is 16.2. The highest BCUT2D eigenvalue weighted by Gasteiger charge is 2.39. The molecule has 6 heteroatoms. The summed E-state index contributed by atoms with van der Waals surface area (Å²) in [5, 5.41) is 3.13. The van der Waals surface area contributed by atoms with Crippen LogP contribution in [0.5, 0.6) is 0 Å². The first-order chi connectivity index (χ1) is 13.3. The molecule has 1 aromatic carbocycles. The fourth-order valence-electron chi connectivity index (χ4n) is 4.52. The summed E-state index contributed by atoms with van der Waals surface area (Å²) >= 11 is 0. The molecule has 27 heavy (non-hydrogen) atoms. The number of aryl methyl sites for hydroxylation is 1. The predicted octanol–water partition coefficient (Wildman–Crippen LogP) is 2.82. The first-order valence-corrected chi connectivity index (χ1v) is 10.5. The Balaban J connectivity index is 1.14. The molecule has 1 aromatic heterocycles. The highest BCUT2D eigenvalue weighted by molar-refractivity contribution is 5.82. The SMILES string of the molecule is O=C(NCCCCCc1nc2ccccc2[nH]1)C1NNC2CCCCCC21. The third-order valence-electron chi connectivity index (χ3n) is 6.03. The molecule has 1 saturated carbocycles. The van der Waals surface area contributed by atoms with E-state index in [1.807, 2.05) is 18.2 Å². The maximum absolute atomic E-state index is 12.5. The number of hydrazine groups is 1. The summed E-state index contributed by atoms with van der Waals surface area (Å²) in [6, 6.07) is 8.54. The van der Waals surface area contributed by atoms with Crippen LogP contribution in [-0.4, -0.2) is 34.5 Å². The molecule has 0 radical (unpaired) electrons. The van der Waals surface area contributed by atoms with Crippen LogP contribution in [0.25, 0.3) is 11.0 Å². The molecule has 3 atom stereocenters. The van der Waals surface area contributed by atoms with Gasteiger partial charge in [-0.15, -0.1) is 0 Å². The number of benzene rings is 1. The molecule has 1 saturated heterocycles. The average molecular weight is 370 g/mol. The smallest absolute Gasteiger partial charge is 0.238 e. The number of fused-ring (bicyclic) bond motifs is 2. The van der Waals surface area contributed by atoms with Crippen LogP contribution in [-0.2, 0) is 11.2 Å². The number of H-pyrrole nitrogens is 1. The fourth-order valence-corrected chi connectivity index (χ4v) is 4.52. The molecule has 2 fully saturated rings. The zero-order chi connectivity index (χ0) is 18.5. The quantitative estimate of drug-likeness (QED) is 0.566. The number of imidazole rings is 1. The van der Waals surface area contributed by atoms with E-state index in [1.165, 1.54) is 25.7 Å². The number of hydrogen-bond acceptors (Lipinski definition) is 4. The van der Waals surface area contributed by atoms with Gasteiger partial charge in [-0.05, 0) is 37.8 Å². The lowest BCUT2D eigenvalue weighted by molar-refractivity contribution is -0.123. The number of nitrogens with zero attached hydrogens (tertiary/aromatic N) is 1. The maximum atomic E-state index is 12.5. The lowest BCUT2D eigenvalue weighted by atomic mass is 9.90. The normalized spacial score (nSPS) is 25.3. The number of amides is 1. The molecule has 2 heterocycles. The van der Waals surface area contributed by atoms with Gasteiger partial charge >= 0.3 is 0 Å². The Hall–Kier alpha value is -1.92. The first-order valence-electron chi connectivity index (χ1n) is 10.5. The maximum Gasteiger partial charge on any atom is 0.238 e. The van der Waals surface area contributed by atoms with Crippen molar-refractivity contribution in [3.05, 3.63) is 30.1 Å². The molecule has 3 unspecified atom stereocenters. The average Bonchev–Trinajstić information content (AvgIpc) is 3.21. The molecule has 146 valence electrons. The molecule has 1 amide bonds. The monoisotopic (exact) mass is 369 g/mol. The number of carbonyl (C=O) groups is 1. The molecule has 2 aliphatic rings. The standard InChI is InChI=1S/C21H31N5O/c27-21(20-15-9-3-1-4-10-16(15)25-26-20)22-14-8-2-5-13-19-23-17-11-6-7-12-18(17)24-19/h6-7,11-12,15-16,20,25-26H,1-5,8-10,13-14H2,(H,22,27)(H,23,24). The van der Waals surface area contributed by atoms with Gasteiger partial charge in [0.15, 0.2) is 0 Å². The highest BCUT2D eigenvalue weighted by Crippen LogP contribution is 2.29. The summed E-state index contributed by atoms with van der Waals surface area (Å²) in [5.41, 5.74) is 8.73.